The molecule has 0 fully saturated rings. The van der Waals surface area contributed by atoms with Gasteiger partial charge in [-0.3, -0.25) is 0 Å². The van der Waals surface area contributed by atoms with Crippen LogP contribution in [0.25, 0.3) is 0 Å². The lowest BCUT2D eigenvalue weighted by atomic mass is 10.8. The minimum atomic E-state index is -3.92. The van der Waals surface area contributed by atoms with Gasteiger partial charge in [-0.05, 0) is 0 Å². The zero-order valence-corrected chi connectivity index (χ0v) is 2.62. The van der Waals surface area contributed by atoms with Gasteiger partial charge in [0.1, 0.15) is 0 Å². The molecule has 0 saturated heterocycles. The second-order valence-electron chi connectivity index (χ2n) is 0.260. The van der Waals surface area contributed by atoms with E-state index in [0.29, 0.717) is 0 Å². The van der Waals surface area contributed by atoms with Gasteiger partial charge in [0.15, 0.2) is 1.12 Å². The number of hydrogen-bond donors (Lipinski definition) is 1. The van der Waals surface area contributed by atoms with Crippen molar-refractivity contribution in [3.63, 3.8) is 0 Å². The topological polar surface area (TPSA) is 34.1 Å². The van der Waals surface area contributed by atoms with Crippen LogP contribution in [0.2, 0.25) is 0 Å². The molecule has 22 valence electrons. The highest BCUT2D eigenvalue weighted by Crippen LogP contribution is 1.25. The highest BCUT2D eigenvalue weighted by Gasteiger charge is 1.48. The van der Waals surface area contributed by atoms with Gasteiger partial charge in [0.2, 0.25) is 0 Å². The number of rotatable bonds is 0. The van der Waals surface area contributed by atoms with Gasteiger partial charge < -0.3 is 0 Å². The molecule has 2 nitrogen and oxygen atoms in total. The van der Waals surface area contributed by atoms with E-state index in [9.17, 15) is 0 Å². The zero-order valence-electron chi connectivity index (χ0n) is 2.80. The van der Waals surface area contributed by atoms with Crippen LogP contribution in [-0.2, 0) is 10.5 Å². The van der Waals surface area contributed by atoms with Crippen molar-refractivity contribution in [2.24, 2.45) is 0 Å². The fraction of sp³-hybridized carbons (Fsp3) is 0. The van der Waals surface area contributed by atoms with Gasteiger partial charge >= 0.3 is 0 Å². The van der Waals surface area contributed by atoms with E-state index in [0.717, 1.165) is 0 Å². The van der Waals surface area contributed by atoms with E-state index in [-0.39, 0.29) is 0 Å². The summed E-state index contributed by atoms with van der Waals surface area (Å²) in [6.07, 6.45) is 0. The Kier molecular flexibility index (Phi) is 0.762. The summed E-state index contributed by atoms with van der Waals surface area (Å²) in [6.45, 7) is 0. The number of thiol groups is 1. The van der Waals surface area contributed by atoms with Gasteiger partial charge in [0, 0.05) is 0 Å². The van der Waals surface area contributed by atoms with Gasteiger partial charge in [0.25, 0.3) is 7.12 Å². The Morgan fingerprint density at radius 1 is 2.00 bits per heavy atom. The molecule has 2 radical (unpaired) electrons. The Bertz CT molecular complexity index is 92.8. The molecule has 0 aromatic carbocycles. The third-order valence-corrected chi connectivity index (χ3v) is 0. The van der Waals surface area contributed by atoms with E-state index in [1.807, 2.05) is 0 Å². The summed E-state index contributed by atoms with van der Waals surface area (Å²) in [5.74, 6) is 0. The summed E-state index contributed by atoms with van der Waals surface area (Å²) in [5, 5.41) is 0. The highest BCUT2D eigenvalue weighted by molar-refractivity contribution is 7.96. The lowest BCUT2D eigenvalue weighted by molar-refractivity contribution is 0.626. The first-order valence-electron chi connectivity index (χ1n) is 0.977. The molecule has 0 spiro atoms. The quantitative estimate of drug-likeness (QED) is 0.287. The number of hydrogen-bond acceptors (Lipinski definition) is 2. The molecule has 0 N–H and O–H groups in total. The molecule has 0 aliphatic heterocycles. The van der Waals surface area contributed by atoms with E-state index in [2.05, 4.69) is 7.12 Å². The standard InChI is InChI=1S/BHO2S/c1-4(2)3/h4H/i4D. The molecule has 0 saturated carbocycles. The van der Waals surface area contributed by atoms with Crippen LogP contribution in [0.5, 0.6) is 0 Å². The van der Waals surface area contributed by atoms with Crippen LogP contribution >= 0.6 is 0 Å². The maximum Gasteiger partial charge on any atom is 0.250 e. The minimum absolute atomic E-state index is 3.92. The molecule has 0 amide bonds. The minimum Gasteiger partial charge on any atom is -0.246 e. The van der Waals surface area contributed by atoms with E-state index in [1.54, 1.807) is 0 Å². The van der Waals surface area contributed by atoms with Gasteiger partial charge in [-0.2, -0.15) is 0 Å². The third kappa shape index (κ3) is 9310. The summed E-state index contributed by atoms with van der Waals surface area (Å²) in [7, 11) is 0.0764. The molecule has 0 aromatic rings. The first kappa shape index (κ1) is 2.26. The summed E-state index contributed by atoms with van der Waals surface area (Å²) in [5.41, 5.74) is 0. The largest absolute Gasteiger partial charge is 0.250 e. The lowest BCUT2D eigenvalue weighted by Crippen LogP contribution is -1.60. The van der Waals surface area contributed by atoms with E-state index in [1.165, 1.54) is 0 Å². The second-order valence-corrected chi connectivity index (χ2v) is 0.781. The van der Waals surface area contributed by atoms with Crippen LogP contribution in [0.15, 0.2) is 0 Å². The molecule has 0 aliphatic carbocycles. The molecule has 4 heteroatoms. The van der Waals surface area contributed by atoms with Crippen LogP contribution in [0.4, 0.5) is 0 Å². The van der Waals surface area contributed by atoms with Crippen molar-refractivity contribution in [1.82, 2.24) is 0 Å². The molecular weight excluding hydrogens is 74.9 g/mol. The SMILES string of the molecule is [2H]S([B])(=O)=O. The Balaban J connectivity index is 4.06. The van der Waals surface area contributed by atoms with Crippen molar-refractivity contribution < 1.29 is 8.42 Å². The average Bonchev–Trinajstić information content (AvgIpc) is 0.722. The molecule has 4 heavy (non-hydrogen) atoms. The summed E-state index contributed by atoms with van der Waals surface area (Å²) in [4.78, 5) is 0. The second kappa shape index (κ2) is 1.35. The fourth-order valence-corrected chi connectivity index (χ4v) is 0. The van der Waals surface area contributed by atoms with E-state index in [4.69, 9.17) is 9.54 Å². The Morgan fingerprint density at radius 2 is 2.00 bits per heavy atom. The first-order chi connectivity index (χ1) is 2.00. The molecule has 0 bridgehead atoms. The van der Waals surface area contributed by atoms with Crippen molar-refractivity contribution in [1.29, 1.82) is 1.12 Å². The predicted molar refractivity (Wildman–Crippen MR) is 16.1 cm³/mol. The van der Waals surface area contributed by atoms with Crippen molar-refractivity contribution >= 4 is 17.6 Å². The summed E-state index contributed by atoms with van der Waals surface area (Å²) >= 11 is 0. The lowest BCUT2D eigenvalue weighted by Gasteiger charge is -1.39. The van der Waals surface area contributed by atoms with Crippen LogP contribution in [0, 0.1) is 0 Å². The van der Waals surface area contributed by atoms with Crippen molar-refractivity contribution in [3.8, 4) is 0 Å². The van der Waals surface area contributed by atoms with E-state index >= 15 is 0 Å². The molecule has 0 rings (SSSR count). The highest BCUT2D eigenvalue weighted by atomic mass is 32.2. The Hall–Kier alpha value is 0.0149. The monoisotopic (exact) mass is 77.0 g/mol. The van der Waals surface area contributed by atoms with Crippen molar-refractivity contribution in [2.75, 3.05) is 0 Å². The molecule has 0 atom stereocenters. The van der Waals surface area contributed by atoms with Crippen LogP contribution in [-0.4, -0.2) is 16.7 Å². The van der Waals surface area contributed by atoms with Crippen LogP contribution < -0.4 is 0 Å². The molecular formula is HBO2S. The van der Waals surface area contributed by atoms with E-state index < -0.39 is 10.5 Å². The van der Waals surface area contributed by atoms with Gasteiger partial charge in [0.05, 0.1) is 10.5 Å². The maximum atomic E-state index is 9.08. The fourth-order valence-electron chi connectivity index (χ4n) is 0. The molecule has 0 aliphatic rings. The van der Waals surface area contributed by atoms with Crippen molar-refractivity contribution in [2.45, 2.75) is 0 Å². The zero-order chi connectivity index (χ0) is 4.50. The van der Waals surface area contributed by atoms with Crippen molar-refractivity contribution in [3.05, 3.63) is 0 Å². The normalized spacial score (nSPS) is 14.5. The Morgan fingerprint density at radius 3 is 2.00 bits per heavy atom. The molecule has 0 aromatic heterocycles. The summed E-state index contributed by atoms with van der Waals surface area (Å²) < 4.78 is 23.8. The maximum absolute atomic E-state index is 9.08. The smallest absolute Gasteiger partial charge is 0.246 e. The van der Waals surface area contributed by atoms with Gasteiger partial charge in [-0.15, -0.1) is 0 Å². The van der Waals surface area contributed by atoms with Gasteiger partial charge in [-0.25, -0.2) is 8.42 Å². The van der Waals surface area contributed by atoms with Crippen LogP contribution in [0.3, 0.4) is 0 Å². The molecule has 0 unspecified atom stereocenters. The van der Waals surface area contributed by atoms with Gasteiger partial charge in [-0.1, -0.05) is 0 Å². The average molecular weight is 76.9 g/mol. The Labute approximate surface area is 28.2 Å². The molecule has 0 heterocycles. The predicted octanol–water partition coefficient (Wildman–Crippen LogP) is -1.32. The first-order valence-corrected chi connectivity index (χ1v) is 1.71. The third-order valence-electron chi connectivity index (χ3n) is 0. The van der Waals surface area contributed by atoms with Crippen LogP contribution in [0.1, 0.15) is 0 Å². The summed E-state index contributed by atoms with van der Waals surface area (Å²) in [6, 6.07) is 0.